The van der Waals surface area contributed by atoms with Crippen LogP contribution in [0.5, 0.6) is 0 Å². The monoisotopic (exact) mass is 261 g/mol. The highest BCUT2D eigenvalue weighted by Gasteiger charge is 2.09. The summed E-state index contributed by atoms with van der Waals surface area (Å²) in [5, 5.41) is 12.9. The zero-order valence-corrected chi connectivity index (χ0v) is 11.0. The molecule has 1 aliphatic carbocycles. The second-order valence-corrected chi connectivity index (χ2v) is 4.60. The number of hydrogen-bond acceptors (Lipinski definition) is 2. The van der Waals surface area contributed by atoms with Crippen molar-refractivity contribution >= 4 is 17.3 Å². The van der Waals surface area contributed by atoms with Crippen LogP contribution < -0.4 is 5.32 Å². The average Bonchev–Trinajstić information content (AvgIpc) is 2.52. The fraction of sp³-hybridized carbons (Fsp3) is 0.200. The maximum atomic E-state index is 9.95. The standard InChI is InChI=1S/C15H16ClNO/c1-2-11-6-3-4-8-13(11)17-14-9-5-7-12(16)10-15(14)18/h3-10,12,17-18H,2H2,1H3. The van der Waals surface area contributed by atoms with Gasteiger partial charge in [-0.15, -0.1) is 11.6 Å². The van der Waals surface area contributed by atoms with Gasteiger partial charge in [-0.3, -0.25) is 0 Å². The summed E-state index contributed by atoms with van der Waals surface area (Å²) in [5.41, 5.74) is 2.88. The van der Waals surface area contributed by atoms with Gasteiger partial charge in [0.25, 0.3) is 0 Å². The Morgan fingerprint density at radius 3 is 2.89 bits per heavy atom. The van der Waals surface area contributed by atoms with Gasteiger partial charge in [-0.1, -0.05) is 37.3 Å². The van der Waals surface area contributed by atoms with Crippen molar-refractivity contribution in [3.05, 3.63) is 65.6 Å². The fourth-order valence-electron chi connectivity index (χ4n) is 1.84. The molecule has 0 heterocycles. The molecule has 2 rings (SSSR count). The van der Waals surface area contributed by atoms with Gasteiger partial charge in [-0.05, 0) is 30.2 Å². The third-order valence-electron chi connectivity index (χ3n) is 2.82. The van der Waals surface area contributed by atoms with Crippen molar-refractivity contribution in [1.29, 1.82) is 0 Å². The molecule has 1 aromatic rings. The third kappa shape index (κ3) is 2.96. The number of allylic oxidation sites excluding steroid dienone is 4. The van der Waals surface area contributed by atoms with E-state index in [0.29, 0.717) is 5.70 Å². The lowest BCUT2D eigenvalue weighted by molar-refractivity contribution is 0.423. The number of nitrogens with one attached hydrogen (secondary N) is 1. The first-order chi connectivity index (χ1) is 8.70. The molecular formula is C15H16ClNO. The van der Waals surface area contributed by atoms with E-state index in [1.807, 2.05) is 36.4 Å². The summed E-state index contributed by atoms with van der Waals surface area (Å²) in [6.45, 7) is 2.10. The Morgan fingerprint density at radius 1 is 1.33 bits per heavy atom. The minimum absolute atomic E-state index is 0.172. The van der Waals surface area contributed by atoms with Crippen molar-refractivity contribution < 1.29 is 5.11 Å². The van der Waals surface area contributed by atoms with E-state index in [0.717, 1.165) is 12.1 Å². The molecule has 18 heavy (non-hydrogen) atoms. The number of alkyl halides is 1. The van der Waals surface area contributed by atoms with Crippen LogP contribution in [0.25, 0.3) is 0 Å². The molecule has 0 radical (unpaired) electrons. The van der Waals surface area contributed by atoms with E-state index >= 15 is 0 Å². The Balaban J connectivity index is 2.26. The maximum Gasteiger partial charge on any atom is 0.136 e. The molecule has 1 atom stereocenters. The van der Waals surface area contributed by atoms with Crippen molar-refractivity contribution in [3.63, 3.8) is 0 Å². The quantitative estimate of drug-likeness (QED) is 0.801. The summed E-state index contributed by atoms with van der Waals surface area (Å²) in [7, 11) is 0. The van der Waals surface area contributed by atoms with Crippen molar-refractivity contribution in [3.8, 4) is 0 Å². The van der Waals surface area contributed by atoms with Crippen molar-refractivity contribution in [2.75, 3.05) is 5.32 Å². The molecule has 0 fully saturated rings. The van der Waals surface area contributed by atoms with Crippen LogP contribution in [-0.2, 0) is 6.42 Å². The van der Waals surface area contributed by atoms with E-state index in [1.165, 1.54) is 5.56 Å². The summed E-state index contributed by atoms with van der Waals surface area (Å²) < 4.78 is 0. The Kier molecular flexibility index (Phi) is 4.11. The summed E-state index contributed by atoms with van der Waals surface area (Å²) in [4.78, 5) is 0. The Bertz CT molecular complexity index is 517. The minimum atomic E-state index is -0.276. The third-order valence-corrected chi connectivity index (χ3v) is 3.09. The first-order valence-corrected chi connectivity index (χ1v) is 6.43. The van der Waals surface area contributed by atoms with Crippen LogP contribution in [0.2, 0.25) is 0 Å². The molecule has 0 saturated heterocycles. The van der Waals surface area contributed by atoms with Crippen LogP contribution in [0, 0.1) is 0 Å². The second kappa shape index (κ2) is 5.78. The topological polar surface area (TPSA) is 32.3 Å². The van der Waals surface area contributed by atoms with Gasteiger partial charge in [-0.25, -0.2) is 0 Å². The number of halogens is 1. The molecular weight excluding hydrogens is 246 g/mol. The minimum Gasteiger partial charge on any atom is -0.506 e. The average molecular weight is 262 g/mol. The molecule has 1 aromatic carbocycles. The second-order valence-electron chi connectivity index (χ2n) is 4.10. The van der Waals surface area contributed by atoms with Gasteiger partial charge in [0.15, 0.2) is 0 Å². The Morgan fingerprint density at radius 2 is 2.11 bits per heavy atom. The van der Waals surface area contributed by atoms with Gasteiger partial charge in [-0.2, -0.15) is 0 Å². The molecule has 0 amide bonds. The van der Waals surface area contributed by atoms with Crippen LogP contribution >= 0.6 is 11.6 Å². The van der Waals surface area contributed by atoms with Gasteiger partial charge < -0.3 is 10.4 Å². The normalized spacial score (nSPS) is 18.9. The summed E-state index contributed by atoms with van der Waals surface area (Å²) in [6.07, 6.45) is 8.03. The molecule has 0 aromatic heterocycles. The number of aryl methyl sites for hydroxylation is 1. The molecule has 2 N–H and O–H groups in total. The molecule has 2 nitrogen and oxygen atoms in total. The van der Waals surface area contributed by atoms with Crippen molar-refractivity contribution in [2.45, 2.75) is 18.7 Å². The van der Waals surface area contributed by atoms with Gasteiger partial charge >= 0.3 is 0 Å². The smallest absolute Gasteiger partial charge is 0.136 e. The van der Waals surface area contributed by atoms with Crippen molar-refractivity contribution in [1.82, 2.24) is 0 Å². The lowest BCUT2D eigenvalue weighted by atomic mass is 10.1. The predicted octanol–water partition coefficient (Wildman–Crippen LogP) is 4.16. The first kappa shape index (κ1) is 12.8. The first-order valence-electron chi connectivity index (χ1n) is 5.99. The van der Waals surface area contributed by atoms with Gasteiger partial charge in [0.1, 0.15) is 5.76 Å². The summed E-state index contributed by atoms with van der Waals surface area (Å²) in [5.74, 6) is 0.172. The summed E-state index contributed by atoms with van der Waals surface area (Å²) in [6, 6.07) is 8.05. The number of rotatable bonds is 3. The zero-order valence-electron chi connectivity index (χ0n) is 10.2. The molecule has 1 aliphatic rings. The lowest BCUT2D eigenvalue weighted by Gasteiger charge is -2.13. The molecule has 1 unspecified atom stereocenters. The molecule has 0 spiro atoms. The van der Waals surface area contributed by atoms with Crippen molar-refractivity contribution in [2.24, 2.45) is 0 Å². The number of aliphatic hydroxyl groups excluding tert-OH is 1. The number of benzene rings is 1. The van der Waals surface area contributed by atoms with Crippen LogP contribution in [0.4, 0.5) is 5.69 Å². The molecule has 94 valence electrons. The highest BCUT2D eigenvalue weighted by atomic mass is 35.5. The Hall–Kier alpha value is -1.67. The molecule has 3 heteroatoms. The number of aliphatic hydroxyl groups is 1. The van der Waals surface area contributed by atoms with E-state index in [-0.39, 0.29) is 11.1 Å². The van der Waals surface area contributed by atoms with Crippen LogP contribution in [-0.4, -0.2) is 10.5 Å². The lowest BCUT2D eigenvalue weighted by Crippen LogP contribution is -2.05. The van der Waals surface area contributed by atoms with E-state index in [9.17, 15) is 5.11 Å². The fourth-order valence-corrected chi connectivity index (χ4v) is 2.04. The Labute approximate surface area is 112 Å². The largest absolute Gasteiger partial charge is 0.506 e. The molecule has 0 bridgehead atoms. The van der Waals surface area contributed by atoms with Gasteiger partial charge in [0, 0.05) is 5.69 Å². The SMILES string of the molecule is CCc1ccccc1NC1=CC=CC(Cl)C=C1O. The number of hydrogen-bond donors (Lipinski definition) is 2. The summed E-state index contributed by atoms with van der Waals surface area (Å²) >= 11 is 5.96. The maximum absolute atomic E-state index is 9.95. The molecule has 0 aliphatic heterocycles. The van der Waals surface area contributed by atoms with Gasteiger partial charge in [0.05, 0.1) is 11.1 Å². The number of anilines is 1. The highest BCUT2D eigenvalue weighted by Crippen LogP contribution is 2.22. The van der Waals surface area contributed by atoms with Gasteiger partial charge in [0.2, 0.25) is 0 Å². The zero-order chi connectivity index (χ0) is 13.0. The van der Waals surface area contributed by atoms with E-state index in [2.05, 4.69) is 18.3 Å². The van der Waals surface area contributed by atoms with Crippen LogP contribution in [0.3, 0.4) is 0 Å². The van der Waals surface area contributed by atoms with E-state index in [1.54, 1.807) is 6.08 Å². The molecule has 0 saturated carbocycles. The van der Waals surface area contributed by atoms with Crippen LogP contribution in [0.15, 0.2) is 60.0 Å². The van der Waals surface area contributed by atoms with Crippen LogP contribution in [0.1, 0.15) is 12.5 Å². The highest BCUT2D eigenvalue weighted by molar-refractivity contribution is 6.23. The van der Waals surface area contributed by atoms with E-state index < -0.39 is 0 Å². The number of para-hydroxylation sites is 1. The predicted molar refractivity (Wildman–Crippen MR) is 77.0 cm³/mol. The van der Waals surface area contributed by atoms with E-state index in [4.69, 9.17) is 11.6 Å².